The van der Waals surface area contributed by atoms with Crippen molar-refractivity contribution in [3.05, 3.63) is 66.0 Å². The van der Waals surface area contributed by atoms with Crippen molar-refractivity contribution in [1.29, 1.82) is 0 Å². The number of alkyl carbamates (subject to hydrolysis) is 1. The number of aromatic amines is 1. The maximum atomic E-state index is 11.6. The van der Waals surface area contributed by atoms with E-state index in [9.17, 15) is 4.79 Å². The molecule has 2 N–H and O–H groups in total. The Morgan fingerprint density at radius 1 is 1.22 bits per heavy atom. The van der Waals surface area contributed by atoms with Crippen molar-refractivity contribution in [2.24, 2.45) is 0 Å². The van der Waals surface area contributed by atoms with Crippen LogP contribution < -0.4 is 5.32 Å². The average molecular weight is 305 g/mol. The monoisotopic (exact) mass is 305 g/mol. The van der Waals surface area contributed by atoms with Crippen LogP contribution in [0.3, 0.4) is 0 Å². The Morgan fingerprint density at radius 2 is 2.09 bits per heavy atom. The van der Waals surface area contributed by atoms with Crippen LogP contribution in [0.5, 0.6) is 0 Å². The third kappa shape index (κ3) is 4.11. The van der Waals surface area contributed by atoms with E-state index in [4.69, 9.17) is 4.74 Å². The number of benzene rings is 2. The molecule has 0 aliphatic rings. The Kier molecular flexibility index (Phi) is 4.55. The smallest absolute Gasteiger partial charge is 0.408 e. The first-order valence-corrected chi connectivity index (χ1v) is 7.18. The average Bonchev–Trinajstić information content (AvgIpc) is 3.05. The zero-order chi connectivity index (χ0) is 15.9. The van der Waals surface area contributed by atoms with Gasteiger partial charge in [0.05, 0.1) is 23.9 Å². The molecular weight excluding hydrogens is 290 g/mol. The topological polar surface area (TPSA) is 67.0 Å². The number of rotatable bonds is 3. The number of carbonyl (C=O) groups excluding carboxylic acids is 1. The zero-order valence-electron chi connectivity index (χ0n) is 12.4. The molecule has 114 valence electrons. The molecule has 1 heterocycles. The third-order valence-electron chi connectivity index (χ3n) is 3.19. The van der Waals surface area contributed by atoms with E-state index in [1.54, 1.807) is 6.33 Å². The molecule has 5 nitrogen and oxygen atoms in total. The summed E-state index contributed by atoms with van der Waals surface area (Å²) in [7, 11) is 0. The number of hydrogen-bond donors (Lipinski definition) is 2. The van der Waals surface area contributed by atoms with Gasteiger partial charge in [-0.1, -0.05) is 42.2 Å². The number of amides is 1. The molecule has 5 heteroatoms. The van der Waals surface area contributed by atoms with E-state index < -0.39 is 6.09 Å². The quantitative estimate of drug-likeness (QED) is 0.731. The normalized spacial score (nSPS) is 9.91. The summed E-state index contributed by atoms with van der Waals surface area (Å²) in [6.07, 6.45) is 1.17. The highest BCUT2D eigenvalue weighted by Crippen LogP contribution is 2.10. The summed E-state index contributed by atoms with van der Waals surface area (Å²) >= 11 is 0. The van der Waals surface area contributed by atoms with E-state index in [0.717, 1.165) is 22.2 Å². The molecule has 3 rings (SSSR count). The molecule has 0 saturated carbocycles. The predicted molar refractivity (Wildman–Crippen MR) is 87.6 cm³/mol. The molecule has 0 fully saturated rings. The van der Waals surface area contributed by atoms with E-state index in [2.05, 4.69) is 27.1 Å². The van der Waals surface area contributed by atoms with Crippen molar-refractivity contribution in [3.63, 3.8) is 0 Å². The number of aromatic nitrogens is 2. The summed E-state index contributed by atoms with van der Waals surface area (Å²) in [4.78, 5) is 18.7. The molecule has 0 aliphatic heterocycles. The van der Waals surface area contributed by atoms with Gasteiger partial charge in [-0.15, -0.1) is 0 Å². The Hall–Kier alpha value is -3.26. The highest BCUT2D eigenvalue weighted by Gasteiger charge is 2.00. The number of imidazole rings is 1. The van der Waals surface area contributed by atoms with Gasteiger partial charge in [0.2, 0.25) is 0 Å². The fourth-order valence-electron chi connectivity index (χ4n) is 2.05. The number of ether oxygens (including phenoxy) is 1. The third-order valence-corrected chi connectivity index (χ3v) is 3.19. The van der Waals surface area contributed by atoms with Gasteiger partial charge >= 0.3 is 6.09 Å². The van der Waals surface area contributed by atoms with Gasteiger partial charge in [-0.25, -0.2) is 9.78 Å². The molecule has 23 heavy (non-hydrogen) atoms. The summed E-state index contributed by atoms with van der Waals surface area (Å²) in [5.74, 6) is 5.88. The van der Waals surface area contributed by atoms with Crippen molar-refractivity contribution in [3.8, 4) is 11.8 Å². The standard InChI is InChI=1S/C18H15N3O2/c22-18(23-12-15-5-2-1-3-6-15)19-10-4-7-14-8-9-16-17(11-14)21-13-20-16/h1-3,5-6,8-9,11,13H,10,12H2,(H,19,22)(H,20,21). The number of carbonyl (C=O) groups is 1. The van der Waals surface area contributed by atoms with Crippen LogP contribution in [-0.2, 0) is 11.3 Å². The second kappa shape index (κ2) is 7.14. The van der Waals surface area contributed by atoms with Crippen molar-refractivity contribution in [1.82, 2.24) is 15.3 Å². The van der Waals surface area contributed by atoms with Crippen LogP contribution in [0.1, 0.15) is 11.1 Å². The second-order valence-corrected chi connectivity index (χ2v) is 4.85. The molecule has 2 aromatic carbocycles. The first kappa shape index (κ1) is 14.7. The van der Waals surface area contributed by atoms with Crippen LogP contribution in [0.15, 0.2) is 54.9 Å². The Balaban J connectivity index is 1.46. The highest BCUT2D eigenvalue weighted by atomic mass is 16.5. The number of hydrogen-bond acceptors (Lipinski definition) is 3. The summed E-state index contributed by atoms with van der Waals surface area (Å²) in [6.45, 7) is 0.477. The second-order valence-electron chi connectivity index (χ2n) is 4.85. The van der Waals surface area contributed by atoms with Crippen LogP contribution in [0.2, 0.25) is 0 Å². The summed E-state index contributed by atoms with van der Waals surface area (Å²) in [5.41, 5.74) is 3.65. The molecule has 1 amide bonds. The first-order chi connectivity index (χ1) is 11.3. The minimum absolute atomic E-state index is 0.231. The molecular formula is C18H15N3O2. The zero-order valence-corrected chi connectivity index (χ0v) is 12.4. The Bertz CT molecular complexity index is 860. The van der Waals surface area contributed by atoms with Gasteiger partial charge in [0.15, 0.2) is 0 Å². The lowest BCUT2D eigenvalue weighted by Crippen LogP contribution is -2.24. The number of H-pyrrole nitrogens is 1. The van der Waals surface area contributed by atoms with Gasteiger partial charge in [-0.3, -0.25) is 0 Å². The van der Waals surface area contributed by atoms with Crippen molar-refractivity contribution < 1.29 is 9.53 Å². The Labute approximate surface area is 133 Å². The Morgan fingerprint density at radius 3 is 2.96 bits per heavy atom. The van der Waals surface area contributed by atoms with Gasteiger partial charge in [0.25, 0.3) is 0 Å². The largest absolute Gasteiger partial charge is 0.445 e. The maximum absolute atomic E-state index is 11.6. The lowest BCUT2D eigenvalue weighted by molar-refractivity contribution is 0.141. The molecule has 0 aliphatic carbocycles. The summed E-state index contributed by atoms with van der Waals surface area (Å²) < 4.78 is 5.10. The molecule has 0 radical (unpaired) electrons. The van der Waals surface area contributed by atoms with E-state index >= 15 is 0 Å². The number of nitrogens with zero attached hydrogens (tertiary/aromatic N) is 1. The van der Waals surface area contributed by atoms with Gasteiger partial charge in [-0.05, 0) is 23.8 Å². The van der Waals surface area contributed by atoms with Gasteiger partial charge in [0.1, 0.15) is 6.61 Å². The molecule has 3 aromatic rings. The summed E-state index contributed by atoms with van der Waals surface area (Å²) in [6, 6.07) is 15.2. The van der Waals surface area contributed by atoms with Crippen molar-refractivity contribution in [2.45, 2.75) is 6.61 Å². The fraction of sp³-hybridized carbons (Fsp3) is 0.111. The molecule has 1 aromatic heterocycles. The van der Waals surface area contributed by atoms with Gasteiger partial charge < -0.3 is 15.0 Å². The van der Waals surface area contributed by atoms with E-state index in [-0.39, 0.29) is 13.2 Å². The highest BCUT2D eigenvalue weighted by molar-refractivity contribution is 5.76. The lowest BCUT2D eigenvalue weighted by Gasteiger charge is -2.04. The molecule has 0 atom stereocenters. The fourth-order valence-corrected chi connectivity index (χ4v) is 2.05. The van der Waals surface area contributed by atoms with Crippen molar-refractivity contribution in [2.75, 3.05) is 6.54 Å². The predicted octanol–water partition coefficient (Wildman–Crippen LogP) is 2.84. The van der Waals surface area contributed by atoms with Crippen LogP contribution >= 0.6 is 0 Å². The van der Waals surface area contributed by atoms with Crippen LogP contribution in [-0.4, -0.2) is 22.6 Å². The molecule has 0 saturated heterocycles. The molecule has 0 bridgehead atoms. The van der Waals surface area contributed by atoms with E-state index in [0.29, 0.717) is 0 Å². The molecule has 0 unspecified atom stereocenters. The number of fused-ring (bicyclic) bond motifs is 1. The van der Waals surface area contributed by atoms with Crippen LogP contribution in [0.4, 0.5) is 4.79 Å². The first-order valence-electron chi connectivity index (χ1n) is 7.18. The lowest BCUT2D eigenvalue weighted by atomic mass is 10.2. The van der Waals surface area contributed by atoms with Crippen LogP contribution in [0, 0.1) is 11.8 Å². The van der Waals surface area contributed by atoms with Crippen LogP contribution in [0.25, 0.3) is 11.0 Å². The minimum Gasteiger partial charge on any atom is -0.445 e. The van der Waals surface area contributed by atoms with Crippen molar-refractivity contribution >= 4 is 17.1 Å². The minimum atomic E-state index is -0.479. The SMILES string of the molecule is O=C(NCC#Cc1ccc2nc[nH]c2c1)OCc1ccccc1. The maximum Gasteiger partial charge on any atom is 0.408 e. The van der Waals surface area contributed by atoms with E-state index in [1.807, 2.05) is 48.5 Å². The number of nitrogens with one attached hydrogen (secondary N) is 2. The van der Waals surface area contributed by atoms with Gasteiger partial charge in [-0.2, -0.15) is 0 Å². The molecule has 0 spiro atoms. The van der Waals surface area contributed by atoms with E-state index in [1.165, 1.54) is 0 Å². The van der Waals surface area contributed by atoms with Gasteiger partial charge in [0, 0.05) is 5.56 Å². The summed E-state index contributed by atoms with van der Waals surface area (Å²) in [5, 5.41) is 2.60.